The van der Waals surface area contributed by atoms with Gasteiger partial charge in [-0.2, -0.15) is 0 Å². The number of benzene rings is 1. The first kappa shape index (κ1) is 38.5. The van der Waals surface area contributed by atoms with Gasteiger partial charge in [0, 0.05) is 0 Å². The molecule has 16 heteroatoms. The van der Waals surface area contributed by atoms with E-state index in [1.54, 1.807) is 0 Å². The summed E-state index contributed by atoms with van der Waals surface area (Å²) in [7, 11) is -11.3. The van der Waals surface area contributed by atoms with Crippen molar-refractivity contribution in [2.75, 3.05) is 19.8 Å². The minimum atomic E-state index is -2.86. The first-order valence-electron chi connectivity index (χ1n) is 13.5. The Morgan fingerprint density at radius 3 is 1.32 bits per heavy atom. The van der Waals surface area contributed by atoms with Gasteiger partial charge >= 0.3 is 34.4 Å². The second-order valence-corrected chi connectivity index (χ2v) is 12.7. The van der Waals surface area contributed by atoms with E-state index in [2.05, 4.69) is 24.3 Å². The van der Waals surface area contributed by atoms with Gasteiger partial charge in [0.25, 0.3) is 0 Å². The van der Waals surface area contributed by atoms with Crippen molar-refractivity contribution in [3.05, 3.63) is 35.9 Å². The molecule has 0 spiro atoms. The van der Waals surface area contributed by atoms with Gasteiger partial charge in [0.05, 0.1) is 31.3 Å². The van der Waals surface area contributed by atoms with Gasteiger partial charge in [0.2, 0.25) is 0 Å². The molecule has 0 heterocycles. The standard InChI is InChI=1S/C24H46O12P4/c25-37(26)33-19-24(20-34-38(27)28,21-35-39(29)30)23(36-40(31)32)18-14-9-7-5-3-1-2-4-6-8-11-15-22-16-12-10-13-17-22/h10,12-13,16-17,23,25-32H,1-9,11,14-15,18-21H2. The summed E-state index contributed by atoms with van der Waals surface area (Å²) in [5.74, 6) is 0. The normalized spacial score (nSPS) is 13.3. The molecule has 0 radical (unpaired) electrons. The minimum Gasteiger partial charge on any atom is -0.328 e. The first-order chi connectivity index (χ1) is 19.1. The molecule has 0 aliphatic carbocycles. The van der Waals surface area contributed by atoms with E-state index in [9.17, 15) is 39.1 Å². The van der Waals surface area contributed by atoms with E-state index in [-0.39, 0.29) is 6.42 Å². The molecule has 1 rings (SSSR count). The van der Waals surface area contributed by atoms with Gasteiger partial charge in [-0.1, -0.05) is 94.5 Å². The highest BCUT2D eigenvalue weighted by molar-refractivity contribution is 7.40. The maximum Gasteiger partial charge on any atom is 0.327 e. The van der Waals surface area contributed by atoms with Crippen LogP contribution in [0, 0.1) is 5.41 Å². The fraction of sp³-hybridized carbons (Fsp3) is 0.750. The number of hydrogen-bond donors (Lipinski definition) is 8. The van der Waals surface area contributed by atoms with Crippen LogP contribution in [0.1, 0.15) is 82.6 Å². The third kappa shape index (κ3) is 19.6. The van der Waals surface area contributed by atoms with Gasteiger partial charge in [-0.3, -0.25) is 0 Å². The SMILES string of the molecule is OP(O)OCC(COP(O)O)(COP(O)O)C(CCCCCCCCCCCCCc1ccccc1)OP(O)O. The summed E-state index contributed by atoms with van der Waals surface area (Å²) in [5.41, 5.74) is -0.133. The molecule has 0 fully saturated rings. The molecule has 1 unspecified atom stereocenters. The maximum absolute atomic E-state index is 9.55. The number of rotatable bonds is 26. The Labute approximate surface area is 242 Å². The second kappa shape index (κ2) is 23.9. The highest BCUT2D eigenvalue weighted by Crippen LogP contribution is 2.44. The van der Waals surface area contributed by atoms with Crippen molar-refractivity contribution in [3.63, 3.8) is 0 Å². The van der Waals surface area contributed by atoms with E-state index in [1.807, 2.05) is 6.07 Å². The van der Waals surface area contributed by atoms with E-state index >= 15 is 0 Å². The maximum atomic E-state index is 9.55. The van der Waals surface area contributed by atoms with E-state index in [0.717, 1.165) is 32.1 Å². The molecule has 0 amide bonds. The predicted octanol–water partition coefficient (Wildman–Crippen LogP) is 5.18. The van der Waals surface area contributed by atoms with Crippen LogP contribution in [0.5, 0.6) is 0 Å². The van der Waals surface area contributed by atoms with Crippen molar-refractivity contribution in [1.29, 1.82) is 0 Å². The van der Waals surface area contributed by atoms with Gasteiger partial charge in [-0.05, 0) is 24.8 Å². The fourth-order valence-electron chi connectivity index (χ4n) is 4.44. The topological polar surface area (TPSA) is 199 Å². The summed E-state index contributed by atoms with van der Waals surface area (Å²) in [4.78, 5) is 74.7. The summed E-state index contributed by atoms with van der Waals surface area (Å²) in [6, 6.07) is 10.6. The third-order valence-corrected chi connectivity index (χ3v) is 8.10. The molecular weight excluding hydrogens is 604 g/mol. The molecule has 234 valence electrons. The van der Waals surface area contributed by atoms with Crippen molar-refractivity contribution in [2.45, 2.75) is 89.6 Å². The lowest BCUT2D eigenvalue weighted by atomic mass is 9.82. The van der Waals surface area contributed by atoms with Gasteiger partial charge in [0.15, 0.2) is 0 Å². The van der Waals surface area contributed by atoms with Crippen LogP contribution in [0.15, 0.2) is 30.3 Å². The van der Waals surface area contributed by atoms with Crippen molar-refractivity contribution in [2.24, 2.45) is 5.41 Å². The zero-order valence-corrected chi connectivity index (χ0v) is 26.4. The Morgan fingerprint density at radius 1 is 0.525 bits per heavy atom. The average molecular weight is 651 g/mol. The number of hydrogen-bond acceptors (Lipinski definition) is 12. The van der Waals surface area contributed by atoms with Crippen LogP contribution in [-0.2, 0) is 24.5 Å². The zero-order chi connectivity index (χ0) is 29.6. The molecule has 0 aliphatic rings. The Hall–Kier alpha value is 0.460. The Kier molecular flexibility index (Phi) is 23.0. The largest absolute Gasteiger partial charge is 0.328 e. The Balaban J connectivity index is 2.42. The smallest absolute Gasteiger partial charge is 0.327 e. The van der Waals surface area contributed by atoms with Crippen LogP contribution in [0.3, 0.4) is 0 Å². The van der Waals surface area contributed by atoms with Crippen molar-refractivity contribution >= 4 is 34.4 Å². The summed E-state index contributed by atoms with van der Waals surface area (Å²) >= 11 is 0. The van der Waals surface area contributed by atoms with Crippen LogP contribution in [0.2, 0.25) is 0 Å². The van der Waals surface area contributed by atoms with Crippen LogP contribution < -0.4 is 0 Å². The minimum absolute atomic E-state index is 0.247. The molecule has 1 aromatic carbocycles. The average Bonchev–Trinajstić information content (AvgIpc) is 2.90. The van der Waals surface area contributed by atoms with Gasteiger partial charge in [-0.25, -0.2) is 0 Å². The lowest BCUT2D eigenvalue weighted by Crippen LogP contribution is -2.47. The van der Waals surface area contributed by atoms with Gasteiger partial charge in [0.1, 0.15) is 0 Å². The van der Waals surface area contributed by atoms with Crippen molar-refractivity contribution in [3.8, 4) is 0 Å². The molecule has 12 nitrogen and oxygen atoms in total. The molecule has 0 aromatic heterocycles. The van der Waals surface area contributed by atoms with Crippen LogP contribution >= 0.6 is 34.4 Å². The lowest BCUT2D eigenvalue weighted by Gasteiger charge is -2.39. The monoisotopic (exact) mass is 650 g/mol. The quantitative estimate of drug-likeness (QED) is 0.0484. The molecule has 40 heavy (non-hydrogen) atoms. The lowest BCUT2D eigenvalue weighted by molar-refractivity contribution is -0.0655. The van der Waals surface area contributed by atoms with E-state index in [1.165, 1.54) is 44.1 Å². The molecule has 1 aromatic rings. The molecular formula is C24H46O12P4. The summed E-state index contributed by atoms with van der Waals surface area (Å²) in [6.07, 6.45) is 12.3. The van der Waals surface area contributed by atoms with Crippen molar-refractivity contribution in [1.82, 2.24) is 0 Å². The molecule has 0 bridgehead atoms. The van der Waals surface area contributed by atoms with E-state index < -0.39 is 65.7 Å². The van der Waals surface area contributed by atoms with E-state index in [0.29, 0.717) is 6.42 Å². The predicted molar refractivity (Wildman–Crippen MR) is 156 cm³/mol. The molecule has 0 saturated carbocycles. The number of unbranched alkanes of at least 4 members (excludes halogenated alkanes) is 10. The van der Waals surface area contributed by atoms with Crippen LogP contribution in [0.4, 0.5) is 0 Å². The Morgan fingerprint density at radius 2 is 0.925 bits per heavy atom. The summed E-state index contributed by atoms with van der Waals surface area (Å²) in [6.45, 7) is -1.55. The first-order valence-corrected chi connectivity index (χ1v) is 18.1. The molecule has 0 aliphatic heterocycles. The van der Waals surface area contributed by atoms with Gasteiger partial charge in [-0.15, -0.1) is 0 Å². The Bertz CT molecular complexity index is 687. The molecule has 0 saturated heterocycles. The molecule has 1 atom stereocenters. The number of aryl methyl sites for hydroxylation is 1. The van der Waals surface area contributed by atoms with Crippen LogP contribution in [-0.4, -0.2) is 65.1 Å². The summed E-state index contributed by atoms with van der Waals surface area (Å²) in [5, 5.41) is 0. The summed E-state index contributed by atoms with van der Waals surface area (Å²) < 4.78 is 20.1. The highest BCUT2D eigenvalue weighted by atomic mass is 31.2. The van der Waals surface area contributed by atoms with E-state index in [4.69, 9.17) is 18.1 Å². The van der Waals surface area contributed by atoms with Crippen molar-refractivity contribution < 1.29 is 57.2 Å². The molecule has 8 N–H and O–H groups in total. The van der Waals surface area contributed by atoms with Gasteiger partial charge < -0.3 is 57.2 Å². The second-order valence-electron chi connectivity index (χ2n) is 9.70. The highest BCUT2D eigenvalue weighted by Gasteiger charge is 2.44. The third-order valence-electron chi connectivity index (χ3n) is 6.58. The zero-order valence-electron chi connectivity index (χ0n) is 22.8. The fourth-order valence-corrected chi connectivity index (χ4v) is 6.12. The van der Waals surface area contributed by atoms with Crippen LogP contribution in [0.25, 0.3) is 0 Å².